The lowest BCUT2D eigenvalue weighted by molar-refractivity contribution is -0.134. The lowest BCUT2D eigenvalue weighted by Gasteiger charge is -2.25. The first-order chi connectivity index (χ1) is 8.85. The zero-order chi connectivity index (χ0) is 14.6. The fourth-order valence-corrected chi connectivity index (χ4v) is 2.75. The second-order valence-electron chi connectivity index (χ2n) is 5.39. The predicted molar refractivity (Wildman–Crippen MR) is 78.6 cm³/mol. The van der Waals surface area contributed by atoms with Gasteiger partial charge in [0.15, 0.2) is 0 Å². The molecular weight excluding hydrogens is 262 g/mol. The number of hydrogen-bond acceptors (Lipinski definition) is 3. The molecule has 5 nitrogen and oxygen atoms in total. The highest BCUT2D eigenvalue weighted by Crippen LogP contribution is 2.31. The zero-order valence-electron chi connectivity index (χ0n) is 11.9. The van der Waals surface area contributed by atoms with Gasteiger partial charge in [-0.25, -0.2) is 0 Å². The van der Waals surface area contributed by atoms with Gasteiger partial charge in [0.05, 0.1) is 16.3 Å². The average Bonchev–Trinajstić information content (AvgIpc) is 2.77. The number of amides is 2. The molecule has 0 bridgehead atoms. The molecule has 19 heavy (non-hydrogen) atoms. The van der Waals surface area contributed by atoms with Crippen molar-refractivity contribution in [3.8, 4) is 0 Å². The number of rotatable bonds is 5. The molecule has 1 heterocycles. The fraction of sp³-hybridized carbons (Fsp3) is 0.769. The van der Waals surface area contributed by atoms with E-state index in [4.69, 9.17) is 18.0 Å². The summed E-state index contributed by atoms with van der Waals surface area (Å²) < 4.78 is 0. The van der Waals surface area contributed by atoms with Crippen LogP contribution in [0.15, 0.2) is 0 Å². The van der Waals surface area contributed by atoms with E-state index in [1.165, 1.54) is 0 Å². The minimum atomic E-state index is -0.503. The molecule has 0 aromatic rings. The lowest BCUT2D eigenvalue weighted by Crippen LogP contribution is -2.43. The van der Waals surface area contributed by atoms with Gasteiger partial charge < -0.3 is 16.0 Å². The van der Waals surface area contributed by atoms with Crippen LogP contribution in [0.5, 0.6) is 0 Å². The van der Waals surface area contributed by atoms with Crippen molar-refractivity contribution in [2.24, 2.45) is 17.1 Å². The first-order valence-electron chi connectivity index (χ1n) is 6.66. The summed E-state index contributed by atoms with van der Waals surface area (Å²) in [4.78, 5) is 26.2. The van der Waals surface area contributed by atoms with Crippen LogP contribution in [0.25, 0.3) is 0 Å². The quantitative estimate of drug-likeness (QED) is 0.728. The van der Waals surface area contributed by atoms with Gasteiger partial charge in [-0.3, -0.25) is 9.59 Å². The summed E-state index contributed by atoms with van der Waals surface area (Å²) in [6, 6.07) is 0. The van der Waals surface area contributed by atoms with E-state index in [0.717, 1.165) is 6.42 Å². The summed E-state index contributed by atoms with van der Waals surface area (Å²) in [7, 11) is 1.62. The third-order valence-electron chi connectivity index (χ3n) is 3.78. The molecule has 1 aliphatic heterocycles. The van der Waals surface area contributed by atoms with Crippen LogP contribution >= 0.6 is 12.2 Å². The smallest absolute Gasteiger partial charge is 0.232 e. The first kappa shape index (κ1) is 15.9. The van der Waals surface area contributed by atoms with E-state index in [9.17, 15) is 9.59 Å². The summed E-state index contributed by atoms with van der Waals surface area (Å²) in [5.41, 5.74) is 5.15. The fourth-order valence-electron chi connectivity index (χ4n) is 2.53. The largest absolute Gasteiger partial charge is 0.393 e. The highest BCUT2D eigenvalue weighted by atomic mass is 32.1. The summed E-state index contributed by atoms with van der Waals surface area (Å²) >= 11 is 4.98. The van der Waals surface area contributed by atoms with Crippen LogP contribution in [0.4, 0.5) is 0 Å². The van der Waals surface area contributed by atoms with Gasteiger partial charge in [0.2, 0.25) is 11.8 Å². The SMILES string of the molecule is CCCC(C(=O)N1CCC(C)(C(=O)NC)C1)C(N)=S. The number of likely N-dealkylation sites (tertiary alicyclic amines) is 1. The van der Waals surface area contributed by atoms with E-state index in [0.29, 0.717) is 25.9 Å². The maximum Gasteiger partial charge on any atom is 0.232 e. The minimum Gasteiger partial charge on any atom is -0.393 e. The molecule has 0 radical (unpaired) electrons. The Morgan fingerprint density at radius 2 is 2.16 bits per heavy atom. The van der Waals surface area contributed by atoms with Crippen LogP contribution in [0.1, 0.15) is 33.1 Å². The van der Waals surface area contributed by atoms with Crippen molar-refractivity contribution in [3.63, 3.8) is 0 Å². The van der Waals surface area contributed by atoms with E-state index in [-0.39, 0.29) is 16.8 Å². The lowest BCUT2D eigenvalue weighted by atomic mass is 9.89. The third-order valence-corrected chi connectivity index (χ3v) is 4.06. The van der Waals surface area contributed by atoms with E-state index in [1.807, 2.05) is 13.8 Å². The molecule has 2 atom stereocenters. The molecule has 2 unspecified atom stereocenters. The van der Waals surface area contributed by atoms with Gasteiger partial charge in [0.25, 0.3) is 0 Å². The zero-order valence-corrected chi connectivity index (χ0v) is 12.7. The second kappa shape index (κ2) is 6.32. The molecule has 3 N–H and O–H groups in total. The molecule has 1 aliphatic rings. The number of nitrogens with one attached hydrogen (secondary N) is 1. The van der Waals surface area contributed by atoms with Crippen molar-refractivity contribution >= 4 is 29.0 Å². The number of nitrogens with zero attached hydrogens (tertiary/aromatic N) is 1. The monoisotopic (exact) mass is 285 g/mol. The van der Waals surface area contributed by atoms with Crippen LogP contribution in [0.3, 0.4) is 0 Å². The molecule has 1 saturated heterocycles. The molecule has 108 valence electrons. The Balaban J connectivity index is 2.75. The van der Waals surface area contributed by atoms with Gasteiger partial charge in [-0.05, 0) is 19.8 Å². The topological polar surface area (TPSA) is 75.4 Å². The Hall–Kier alpha value is -1.17. The predicted octanol–water partition coefficient (Wildman–Crippen LogP) is 0.673. The molecule has 1 fully saturated rings. The number of nitrogens with two attached hydrogens (primary N) is 1. The number of thiocarbonyl (C=S) groups is 1. The van der Waals surface area contributed by atoms with Crippen molar-refractivity contribution in [3.05, 3.63) is 0 Å². The van der Waals surface area contributed by atoms with Gasteiger partial charge in [-0.2, -0.15) is 0 Å². The maximum absolute atomic E-state index is 12.4. The number of carbonyl (C=O) groups is 2. The van der Waals surface area contributed by atoms with E-state index >= 15 is 0 Å². The van der Waals surface area contributed by atoms with Crippen LogP contribution < -0.4 is 11.1 Å². The van der Waals surface area contributed by atoms with Crippen molar-refractivity contribution in [2.75, 3.05) is 20.1 Å². The normalized spacial score (nSPS) is 24.1. The van der Waals surface area contributed by atoms with E-state index in [2.05, 4.69) is 5.32 Å². The van der Waals surface area contributed by atoms with Gasteiger partial charge in [0.1, 0.15) is 0 Å². The van der Waals surface area contributed by atoms with Crippen LogP contribution in [-0.2, 0) is 9.59 Å². The summed E-state index contributed by atoms with van der Waals surface area (Å²) in [6.07, 6.45) is 2.20. The Bertz CT molecular complexity index is 386. The first-order valence-corrected chi connectivity index (χ1v) is 7.07. The Kier molecular flexibility index (Phi) is 5.29. The Labute approximate surface area is 119 Å². The molecule has 2 amide bonds. The van der Waals surface area contributed by atoms with Gasteiger partial charge in [0, 0.05) is 20.1 Å². The highest BCUT2D eigenvalue weighted by Gasteiger charge is 2.42. The molecular formula is C13H23N3O2S. The highest BCUT2D eigenvalue weighted by molar-refractivity contribution is 7.80. The van der Waals surface area contributed by atoms with E-state index in [1.54, 1.807) is 11.9 Å². The van der Waals surface area contributed by atoms with Crippen LogP contribution in [-0.4, -0.2) is 41.8 Å². The number of hydrogen-bond donors (Lipinski definition) is 2. The number of carbonyl (C=O) groups excluding carboxylic acids is 2. The molecule has 1 rings (SSSR count). The molecule has 0 spiro atoms. The van der Waals surface area contributed by atoms with E-state index < -0.39 is 11.3 Å². The summed E-state index contributed by atoms with van der Waals surface area (Å²) in [6.45, 7) is 4.91. The van der Waals surface area contributed by atoms with Gasteiger partial charge >= 0.3 is 0 Å². The average molecular weight is 285 g/mol. The molecule has 0 saturated carbocycles. The maximum atomic E-state index is 12.4. The van der Waals surface area contributed by atoms with Crippen molar-refractivity contribution < 1.29 is 9.59 Å². The van der Waals surface area contributed by atoms with Crippen molar-refractivity contribution in [1.82, 2.24) is 10.2 Å². The van der Waals surface area contributed by atoms with Gasteiger partial charge in [-0.1, -0.05) is 25.6 Å². The third kappa shape index (κ3) is 3.43. The summed E-state index contributed by atoms with van der Waals surface area (Å²) in [5, 5.41) is 2.66. The molecule has 0 aromatic carbocycles. The second-order valence-corrected chi connectivity index (χ2v) is 5.86. The van der Waals surface area contributed by atoms with Crippen molar-refractivity contribution in [2.45, 2.75) is 33.1 Å². The van der Waals surface area contributed by atoms with Gasteiger partial charge in [-0.15, -0.1) is 0 Å². The van der Waals surface area contributed by atoms with Crippen LogP contribution in [0, 0.1) is 11.3 Å². The Morgan fingerprint density at radius 3 is 2.63 bits per heavy atom. The standard InChI is InChI=1S/C13H23N3O2S/c1-4-5-9(10(14)19)11(17)16-7-6-13(2,8-16)12(18)15-3/h9H,4-8H2,1-3H3,(H2,14,19)(H,15,18). The van der Waals surface area contributed by atoms with Crippen LogP contribution in [0.2, 0.25) is 0 Å². The minimum absolute atomic E-state index is 0.0230. The molecule has 6 heteroatoms. The molecule has 0 aromatic heterocycles. The molecule has 0 aliphatic carbocycles. The summed E-state index contributed by atoms with van der Waals surface area (Å²) in [5.74, 6) is -0.459. The van der Waals surface area contributed by atoms with Crippen molar-refractivity contribution in [1.29, 1.82) is 0 Å². The Morgan fingerprint density at radius 1 is 1.53 bits per heavy atom.